The summed E-state index contributed by atoms with van der Waals surface area (Å²) in [5.74, 6) is -0.547. The van der Waals surface area contributed by atoms with Gasteiger partial charge in [-0.1, -0.05) is 59.7 Å². The van der Waals surface area contributed by atoms with E-state index in [1.807, 2.05) is 81.2 Å². The second kappa shape index (κ2) is 8.38. The van der Waals surface area contributed by atoms with Gasteiger partial charge >= 0.3 is 0 Å². The van der Waals surface area contributed by atoms with Crippen molar-refractivity contribution < 1.29 is 14.4 Å². The fraction of sp³-hybridized carbons (Fsp3) is 0.323. The molecule has 188 valence electrons. The number of hydrogen-bond acceptors (Lipinski definition) is 4. The molecule has 0 saturated carbocycles. The van der Waals surface area contributed by atoms with Gasteiger partial charge in [-0.25, -0.2) is 9.91 Å². The third-order valence-electron chi connectivity index (χ3n) is 8.26. The van der Waals surface area contributed by atoms with E-state index in [0.717, 1.165) is 34.2 Å². The molecule has 0 N–H and O–H groups in total. The molecule has 3 aromatic rings. The number of rotatable bonds is 2. The first-order valence-electron chi connectivity index (χ1n) is 12.9. The van der Waals surface area contributed by atoms with Crippen molar-refractivity contribution in [2.45, 2.75) is 46.6 Å². The zero-order chi connectivity index (χ0) is 26.1. The number of carbonyl (C=O) groups is 3. The summed E-state index contributed by atoms with van der Waals surface area (Å²) in [4.78, 5) is 43.4. The van der Waals surface area contributed by atoms with E-state index < -0.39 is 5.41 Å². The zero-order valence-corrected chi connectivity index (χ0v) is 21.7. The van der Waals surface area contributed by atoms with Crippen LogP contribution in [0.15, 0.2) is 60.7 Å². The van der Waals surface area contributed by atoms with Crippen molar-refractivity contribution in [2.24, 2.45) is 5.41 Å². The van der Waals surface area contributed by atoms with Crippen LogP contribution in [-0.2, 0) is 16.0 Å². The van der Waals surface area contributed by atoms with Crippen molar-refractivity contribution in [1.82, 2.24) is 10.0 Å². The minimum absolute atomic E-state index is 0.0752. The Morgan fingerprint density at radius 1 is 0.892 bits per heavy atom. The van der Waals surface area contributed by atoms with Crippen LogP contribution in [0.25, 0.3) is 0 Å². The third kappa shape index (κ3) is 3.46. The molecule has 3 aliphatic heterocycles. The van der Waals surface area contributed by atoms with Gasteiger partial charge in [0.25, 0.3) is 5.91 Å². The summed E-state index contributed by atoms with van der Waals surface area (Å²) in [6.45, 7) is 8.70. The highest BCUT2D eigenvalue weighted by atomic mass is 16.2. The molecule has 3 aliphatic rings. The van der Waals surface area contributed by atoms with Gasteiger partial charge in [-0.15, -0.1) is 0 Å². The quantitative estimate of drug-likeness (QED) is 0.480. The molecule has 2 atom stereocenters. The maximum absolute atomic E-state index is 14.5. The number of amides is 3. The van der Waals surface area contributed by atoms with E-state index in [1.165, 1.54) is 10.5 Å². The number of hydrogen-bond donors (Lipinski definition) is 0. The first-order chi connectivity index (χ1) is 17.7. The summed E-state index contributed by atoms with van der Waals surface area (Å²) < 4.78 is 0. The lowest BCUT2D eigenvalue weighted by Gasteiger charge is -2.39. The molecule has 0 aromatic heterocycles. The van der Waals surface area contributed by atoms with Crippen molar-refractivity contribution >= 4 is 23.4 Å². The number of fused-ring (bicyclic) bond motifs is 4. The Hall–Kier alpha value is -3.77. The molecular formula is C31H31N3O3. The van der Waals surface area contributed by atoms with Gasteiger partial charge in [0, 0.05) is 18.5 Å². The minimum atomic E-state index is -1.04. The minimum Gasteiger partial charge on any atom is -0.274 e. The van der Waals surface area contributed by atoms with Gasteiger partial charge in [0.05, 0.1) is 23.7 Å². The largest absolute Gasteiger partial charge is 0.274 e. The molecular weight excluding hydrogens is 462 g/mol. The first kappa shape index (κ1) is 23.6. The van der Waals surface area contributed by atoms with Crippen molar-refractivity contribution in [1.29, 1.82) is 0 Å². The lowest BCUT2D eigenvalue weighted by Crippen LogP contribution is -2.45. The molecule has 3 heterocycles. The average molecular weight is 494 g/mol. The zero-order valence-electron chi connectivity index (χ0n) is 21.7. The van der Waals surface area contributed by atoms with Crippen LogP contribution in [0, 0.1) is 33.1 Å². The molecule has 0 unspecified atom stereocenters. The van der Waals surface area contributed by atoms with Gasteiger partial charge in [0.1, 0.15) is 0 Å². The SMILES string of the molecule is Cc1ccc(C(=O)N2C[C@]3(CC(=O)N(c4c(C)cc(C)cc4C)C3=O)[C@H]3c4ccccc4CCN32)cc1. The van der Waals surface area contributed by atoms with Crippen molar-refractivity contribution in [3.63, 3.8) is 0 Å². The molecule has 37 heavy (non-hydrogen) atoms. The highest BCUT2D eigenvalue weighted by Gasteiger charge is 2.65. The van der Waals surface area contributed by atoms with Crippen LogP contribution in [0.1, 0.15) is 56.2 Å². The Kier molecular flexibility index (Phi) is 5.35. The second-order valence-corrected chi connectivity index (χ2v) is 10.9. The van der Waals surface area contributed by atoms with Crippen LogP contribution < -0.4 is 4.90 Å². The maximum atomic E-state index is 14.5. The van der Waals surface area contributed by atoms with Gasteiger partial charge in [0.2, 0.25) is 11.8 Å². The number of benzene rings is 3. The molecule has 3 aromatic carbocycles. The van der Waals surface area contributed by atoms with Crippen molar-refractivity contribution in [3.8, 4) is 0 Å². The highest BCUT2D eigenvalue weighted by Crippen LogP contribution is 2.56. The fourth-order valence-electron chi connectivity index (χ4n) is 6.72. The van der Waals surface area contributed by atoms with Crippen molar-refractivity contribution in [3.05, 3.63) is 99.6 Å². The molecule has 6 nitrogen and oxygen atoms in total. The Morgan fingerprint density at radius 3 is 2.27 bits per heavy atom. The van der Waals surface area contributed by atoms with E-state index in [-0.39, 0.29) is 36.7 Å². The Labute approximate surface area is 217 Å². The van der Waals surface area contributed by atoms with Crippen LogP contribution in [0.3, 0.4) is 0 Å². The normalized spacial score (nSPS) is 23.1. The number of hydrazine groups is 1. The molecule has 3 amide bonds. The molecule has 6 heteroatoms. The molecule has 1 spiro atoms. The highest BCUT2D eigenvalue weighted by molar-refractivity contribution is 6.24. The number of imide groups is 1. The van der Waals surface area contributed by atoms with Gasteiger partial charge in [-0.2, -0.15) is 0 Å². The smallest absolute Gasteiger partial charge is 0.268 e. The standard InChI is InChI=1S/C31H31N3O3/c1-19-9-11-24(12-10-19)29(36)33-18-31(28-25-8-6-5-7-23(25)13-14-32(28)33)17-26(35)34(30(31)37)27-21(3)15-20(2)16-22(27)4/h5-12,15-16,28H,13-14,17-18H2,1-4H3/t28-,31-/m1/s1. The van der Waals surface area contributed by atoms with Crippen LogP contribution in [-0.4, -0.2) is 40.8 Å². The number of carbonyl (C=O) groups excluding carboxylic acids is 3. The number of anilines is 1. The molecule has 0 bridgehead atoms. The average Bonchev–Trinajstić information content (AvgIpc) is 3.33. The molecule has 2 fully saturated rings. The van der Waals surface area contributed by atoms with Crippen LogP contribution in [0.4, 0.5) is 5.69 Å². The Balaban J connectivity index is 1.48. The third-order valence-corrected chi connectivity index (χ3v) is 8.26. The number of aryl methyl sites for hydroxylation is 4. The summed E-state index contributed by atoms with van der Waals surface area (Å²) in [6, 6.07) is 19.3. The second-order valence-electron chi connectivity index (χ2n) is 10.9. The van der Waals surface area contributed by atoms with Gasteiger partial charge in [0.15, 0.2) is 0 Å². The van der Waals surface area contributed by atoms with Crippen LogP contribution in [0.2, 0.25) is 0 Å². The van der Waals surface area contributed by atoms with E-state index in [4.69, 9.17) is 0 Å². The van der Waals surface area contributed by atoms with Crippen molar-refractivity contribution in [2.75, 3.05) is 18.0 Å². The molecule has 0 aliphatic carbocycles. The summed E-state index contributed by atoms with van der Waals surface area (Å²) in [7, 11) is 0. The molecule has 6 rings (SSSR count). The lowest BCUT2D eigenvalue weighted by atomic mass is 9.74. The van der Waals surface area contributed by atoms with E-state index in [1.54, 1.807) is 5.01 Å². The molecule has 0 radical (unpaired) electrons. The van der Waals surface area contributed by atoms with Gasteiger partial charge < -0.3 is 0 Å². The summed E-state index contributed by atoms with van der Waals surface area (Å²) in [6.07, 6.45) is 0.855. The maximum Gasteiger partial charge on any atom is 0.268 e. The van der Waals surface area contributed by atoms with Crippen LogP contribution >= 0.6 is 0 Å². The summed E-state index contributed by atoms with van der Waals surface area (Å²) >= 11 is 0. The topological polar surface area (TPSA) is 60.9 Å². The first-order valence-corrected chi connectivity index (χ1v) is 12.9. The Bertz CT molecular complexity index is 1440. The van der Waals surface area contributed by atoms with Gasteiger partial charge in [-0.3, -0.25) is 19.4 Å². The van der Waals surface area contributed by atoms with E-state index in [9.17, 15) is 14.4 Å². The van der Waals surface area contributed by atoms with Gasteiger partial charge in [-0.05, 0) is 68.5 Å². The predicted octanol–water partition coefficient (Wildman–Crippen LogP) is 4.84. The fourth-order valence-corrected chi connectivity index (χ4v) is 6.72. The van der Waals surface area contributed by atoms with E-state index >= 15 is 0 Å². The number of nitrogens with zero attached hydrogens (tertiary/aromatic N) is 3. The molecule has 2 saturated heterocycles. The monoisotopic (exact) mass is 493 g/mol. The predicted molar refractivity (Wildman–Crippen MR) is 142 cm³/mol. The Morgan fingerprint density at radius 2 is 1.57 bits per heavy atom. The van der Waals surface area contributed by atoms with Crippen LogP contribution in [0.5, 0.6) is 0 Å². The van der Waals surface area contributed by atoms with E-state index in [0.29, 0.717) is 17.8 Å². The van der Waals surface area contributed by atoms with E-state index in [2.05, 4.69) is 12.1 Å². The summed E-state index contributed by atoms with van der Waals surface area (Å²) in [5.41, 5.74) is 6.41. The lowest BCUT2D eigenvalue weighted by molar-refractivity contribution is -0.126. The summed E-state index contributed by atoms with van der Waals surface area (Å²) in [5, 5.41) is 3.78.